The number of H-pyrrole nitrogens is 1. The number of hydrogen-bond donors (Lipinski definition) is 2. The van der Waals surface area contributed by atoms with E-state index < -0.39 is 21.7 Å². The molecule has 1 fully saturated rings. The number of benzene rings is 2. The molecule has 0 aliphatic heterocycles. The highest BCUT2D eigenvalue weighted by Crippen LogP contribution is 2.33. The smallest absolute Gasteiger partial charge is 0.348 e. The van der Waals surface area contributed by atoms with Crippen LogP contribution in [-0.4, -0.2) is 36.3 Å². The second-order valence-corrected chi connectivity index (χ2v) is 10.3. The van der Waals surface area contributed by atoms with Crippen molar-refractivity contribution in [2.45, 2.75) is 57.0 Å². The second kappa shape index (κ2) is 9.47. The van der Waals surface area contributed by atoms with Crippen molar-refractivity contribution in [1.82, 2.24) is 4.98 Å². The molecule has 0 unspecified atom stereocenters. The number of aliphatic carboxylic acids is 1. The molecule has 176 valence electrons. The Hall–Kier alpha value is -3.00. The van der Waals surface area contributed by atoms with Crippen LogP contribution >= 0.6 is 0 Å². The summed E-state index contributed by atoms with van der Waals surface area (Å²) >= 11 is 0. The van der Waals surface area contributed by atoms with Gasteiger partial charge in [-0.15, -0.1) is 0 Å². The number of aromatic nitrogens is 1. The van der Waals surface area contributed by atoms with Crippen LogP contribution in [0.2, 0.25) is 0 Å². The maximum Gasteiger partial charge on any atom is 0.348 e. The average Bonchev–Trinajstić information content (AvgIpc) is 3.17. The molecule has 2 N–H and O–H groups in total. The van der Waals surface area contributed by atoms with Crippen molar-refractivity contribution in [1.29, 1.82) is 0 Å². The summed E-state index contributed by atoms with van der Waals surface area (Å²) in [5.74, 6) is 0.0201. The fraction of sp³-hybridized carbons (Fsp3) is 0.400. The first-order valence-corrected chi connectivity index (χ1v) is 13.1. The van der Waals surface area contributed by atoms with Gasteiger partial charge in [-0.3, -0.25) is 0 Å². The van der Waals surface area contributed by atoms with E-state index in [-0.39, 0.29) is 0 Å². The number of nitrogens with one attached hydrogen (secondary N) is 1. The van der Waals surface area contributed by atoms with E-state index in [0.29, 0.717) is 24.3 Å². The second-order valence-electron chi connectivity index (χ2n) is 8.77. The summed E-state index contributed by atoms with van der Waals surface area (Å²) < 4.78 is 33.8. The molecule has 1 aromatic heterocycles. The van der Waals surface area contributed by atoms with Gasteiger partial charge in [0.2, 0.25) is 5.60 Å². The molecule has 33 heavy (non-hydrogen) atoms. The van der Waals surface area contributed by atoms with Gasteiger partial charge in [0.05, 0.1) is 6.26 Å². The van der Waals surface area contributed by atoms with Crippen molar-refractivity contribution in [2.24, 2.45) is 0 Å². The van der Waals surface area contributed by atoms with E-state index in [9.17, 15) is 18.3 Å². The largest absolute Gasteiger partial charge is 0.478 e. The lowest BCUT2D eigenvalue weighted by Gasteiger charge is -2.33. The van der Waals surface area contributed by atoms with Crippen LogP contribution < -0.4 is 8.92 Å². The van der Waals surface area contributed by atoms with Crippen molar-refractivity contribution in [3.8, 4) is 11.5 Å². The van der Waals surface area contributed by atoms with Crippen LogP contribution in [0.4, 0.5) is 0 Å². The van der Waals surface area contributed by atoms with E-state index in [1.807, 2.05) is 36.5 Å². The maximum absolute atomic E-state index is 11.8. The monoisotopic (exact) mass is 471 g/mol. The molecule has 1 aliphatic rings. The van der Waals surface area contributed by atoms with Crippen LogP contribution in [0.1, 0.15) is 49.7 Å². The minimum Gasteiger partial charge on any atom is -0.478 e. The third kappa shape index (κ3) is 5.68. The number of carbonyl (C=O) groups is 1. The first kappa shape index (κ1) is 23.2. The van der Waals surface area contributed by atoms with Gasteiger partial charge in [0, 0.05) is 17.1 Å². The number of fused-ring (bicyclic) bond motifs is 1. The summed E-state index contributed by atoms with van der Waals surface area (Å²) in [6.45, 7) is 0. The van der Waals surface area contributed by atoms with E-state index in [2.05, 4.69) is 4.98 Å². The van der Waals surface area contributed by atoms with Crippen LogP contribution in [0.15, 0.2) is 48.7 Å². The summed E-state index contributed by atoms with van der Waals surface area (Å²) in [4.78, 5) is 15.0. The highest BCUT2D eigenvalue weighted by atomic mass is 32.2. The quantitative estimate of drug-likeness (QED) is 0.432. The van der Waals surface area contributed by atoms with Gasteiger partial charge >= 0.3 is 16.1 Å². The number of carboxylic acids is 1. The lowest BCUT2D eigenvalue weighted by Crippen LogP contribution is -2.46. The molecule has 4 rings (SSSR count). The zero-order valence-corrected chi connectivity index (χ0v) is 19.5. The van der Waals surface area contributed by atoms with Gasteiger partial charge in [0.1, 0.15) is 11.5 Å². The van der Waals surface area contributed by atoms with Crippen LogP contribution in [0.3, 0.4) is 0 Å². The Morgan fingerprint density at radius 1 is 1.03 bits per heavy atom. The lowest BCUT2D eigenvalue weighted by atomic mass is 9.84. The molecule has 1 heterocycles. The number of rotatable bonds is 9. The lowest BCUT2D eigenvalue weighted by molar-refractivity contribution is -0.158. The molecule has 2 aromatic carbocycles. The summed E-state index contributed by atoms with van der Waals surface area (Å²) in [6.07, 6.45) is 9.46. The number of ether oxygens (including phenoxy) is 1. The van der Waals surface area contributed by atoms with Crippen molar-refractivity contribution in [3.63, 3.8) is 0 Å². The molecule has 0 saturated heterocycles. The number of hydrogen-bond acceptors (Lipinski definition) is 5. The van der Waals surface area contributed by atoms with Crippen LogP contribution in [0, 0.1) is 0 Å². The SMILES string of the molecule is CS(=O)(=O)Oc1ccc2[nH]cc(CCCc3ccc(OC4(C(=O)O)CCCCC4)cc3)c2c1. The van der Waals surface area contributed by atoms with Crippen molar-refractivity contribution < 1.29 is 27.2 Å². The minimum absolute atomic E-state index is 0.304. The molecular formula is C25H29NO6S. The van der Waals surface area contributed by atoms with E-state index >= 15 is 0 Å². The fourth-order valence-electron chi connectivity index (χ4n) is 4.51. The van der Waals surface area contributed by atoms with Gasteiger partial charge in [-0.25, -0.2) is 4.79 Å². The Bertz CT molecular complexity index is 1220. The first-order chi connectivity index (χ1) is 15.7. The van der Waals surface area contributed by atoms with Crippen LogP contribution in [-0.2, 0) is 27.8 Å². The Labute approximate surface area is 193 Å². The number of aryl methyl sites for hydroxylation is 2. The molecule has 0 bridgehead atoms. The molecule has 8 heteroatoms. The van der Waals surface area contributed by atoms with Crippen molar-refractivity contribution >= 4 is 27.0 Å². The highest BCUT2D eigenvalue weighted by Gasteiger charge is 2.42. The van der Waals surface area contributed by atoms with E-state index in [1.54, 1.807) is 12.1 Å². The highest BCUT2D eigenvalue weighted by molar-refractivity contribution is 7.86. The predicted molar refractivity (Wildman–Crippen MR) is 126 cm³/mol. The van der Waals surface area contributed by atoms with Gasteiger partial charge in [0.25, 0.3) is 0 Å². The minimum atomic E-state index is -3.57. The number of aromatic amines is 1. The van der Waals surface area contributed by atoms with E-state index in [0.717, 1.165) is 66.8 Å². The van der Waals surface area contributed by atoms with Crippen LogP contribution in [0.5, 0.6) is 11.5 Å². The van der Waals surface area contributed by atoms with E-state index in [1.165, 1.54) is 0 Å². The summed E-state index contributed by atoms with van der Waals surface area (Å²) in [6, 6.07) is 12.9. The first-order valence-electron chi connectivity index (χ1n) is 11.2. The summed E-state index contributed by atoms with van der Waals surface area (Å²) in [5.41, 5.74) is 2.08. The van der Waals surface area contributed by atoms with Crippen LogP contribution in [0.25, 0.3) is 10.9 Å². The fourth-order valence-corrected chi connectivity index (χ4v) is 4.96. The third-order valence-corrected chi connectivity index (χ3v) is 6.68. The average molecular weight is 472 g/mol. The van der Waals surface area contributed by atoms with Gasteiger partial charge in [-0.1, -0.05) is 18.6 Å². The third-order valence-electron chi connectivity index (χ3n) is 6.19. The summed E-state index contributed by atoms with van der Waals surface area (Å²) in [7, 11) is -3.57. The standard InChI is InChI=1S/C25H29NO6S/c1-33(29,30)32-21-12-13-23-22(16-21)19(17-26-23)7-5-6-18-8-10-20(11-9-18)31-25(24(27)28)14-3-2-4-15-25/h8-13,16-17,26H,2-7,14-15H2,1H3,(H,27,28). The summed E-state index contributed by atoms with van der Waals surface area (Å²) in [5, 5.41) is 10.6. The molecule has 1 saturated carbocycles. The molecule has 0 spiro atoms. The zero-order valence-electron chi connectivity index (χ0n) is 18.7. The van der Waals surface area contributed by atoms with Gasteiger partial charge in [-0.05, 0) is 86.4 Å². The molecule has 0 amide bonds. The van der Waals surface area contributed by atoms with Gasteiger partial charge in [-0.2, -0.15) is 8.42 Å². The Balaban J connectivity index is 1.37. The Morgan fingerprint density at radius 3 is 2.39 bits per heavy atom. The number of carboxylic acid groups (broad SMARTS) is 1. The normalized spacial score (nSPS) is 15.9. The molecular weight excluding hydrogens is 442 g/mol. The van der Waals surface area contributed by atoms with Crippen molar-refractivity contribution in [3.05, 3.63) is 59.8 Å². The molecule has 3 aromatic rings. The molecule has 0 atom stereocenters. The molecule has 0 radical (unpaired) electrons. The molecule has 7 nitrogen and oxygen atoms in total. The van der Waals surface area contributed by atoms with Crippen molar-refractivity contribution in [2.75, 3.05) is 6.26 Å². The van der Waals surface area contributed by atoms with Gasteiger partial charge in [0.15, 0.2) is 0 Å². The van der Waals surface area contributed by atoms with Gasteiger partial charge < -0.3 is 19.0 Å². The predicted octanol–water partition coefficient (Wildman–Crippen LogP) is 4.85. The Morgan fingerprint density at radius 2 is 1.73 bits per heavy atom. The molecule has 1 aliphatic carbocycles. The zero-order chi connectivity index (χ0) is 23.5. The maximum atomic E-state index is 11.8. The van der Waals surface area contributed by atoms with E-state index in [4.69, 9.17) is 8.92 Å². The topological polar surface area (TPSA) is 106 Å². The Kier molecular flexibility index (Phi) is 6.65.